The van der Waals surface area contributed by atoms with Crippen molar-refractivity contribution in [2.75, 3.05) is 19.6 Å². The summed E-state index contributed by atoms with van der Waals surface area (Å²) >= 11 is 0. The topological polar surface area (TPSA) is 15.3 Å². The Kier molecular flexibility index (Phi) is 6.65. The first-order valence-corrected chi connectivity index (χ1v) is 7.96. The van der Waals surface area contributed by atoms with Gasteiger partial charge in [0.15, 0.2) is 0 Å². The third-order valence-electron chi connectivity index (χ3n) is 4.18. The van der Waals surface area contributed by atoms with Crippen molar-refractivity contribution < 1.29 is 0 Å². The highest BCUT2D eigenvalue weighted by molar-refractivity contribution is 4.92. The first kappa shape index (κ1) is 16.0. The number of rotatable bonds is 6. The third-order valence-corrected chi connectivity index (χ3v) is 4.18. The van der Waals surface area contributed by atoms with Gasteiger partial charge in [-0.3, -0.25) is 4.90 Å². The summed E-state index contributed by atoms with van der Waals surface area (Å²) in [4.78, 5) is 2.76. The number of hydrogen-bond acceptors (Lipinski definition) is 2. The molecule has 1 fully saturated rings. The first-order valence-electron chi connectivity index (χ1n) is 7.96. The monoisotopic (exact) mass is 254 g/mol. The van der Waals surface area contributed by atoms with Gasteiger partial charge in [0.25, 0.3) is 0 Å². The first-order chi connectivity index (χ1) is 8.49. The number of unbranched alkanes of at least 4 members (excludes halogenated alkanes) is 2. The summed E-state index contributed by atoms with van der Waals surface area (Å²) in [5.74, 6) is 0. The summed E-state index contributed by atoms with van der Waals surface area (Å²) in [6, 6.07) is 1.41. The van der Waals surface area contributed by atoms with E-state index in [1.165, 1.54) is 51.7 Å². The van der Waals surface area contributed by atoms with E-state index >= 15 is 0 Å². The number of nitrogens with zero attached hydrogens (tertiary/aromatic N) is 1. The van der Waals surface area contributed by atoms with Crippen molar-refractivity contribution in [3.63, 3.8) is 0 Å². The molecule has 2 heteroatoms. The van der Waals surface area contributed by atoms with Crippen molar-refractivity contribution in [3.8, 4) is 0 Å². The van der Waals surface area contributed by atoms with Crippen molar-refractivity contribution in [3.05, 3.63) is 0 Å². The van der Waals surface area contributed by atoms with E-state index in [1.54, 1.807) is 0 Å². The molecular weight excluding hydrogens is 220 g/mol. The van der Waals surface area contributed by atoms with Crippen LogP contribution < -0.4 is 5.32 Å². The average Bonchev–Trinajstić information content (AvgIpc) is 2.28. The zero-order valence-corrected chi connectivity index (χ0v) is 13.3. The van der Waals surface area contributed by atoms with Gasteiger partial charge < -0.3 is 5.32 Å². The number of piperazine rings is 1. The van der Waals surface area contributed by atoms with Crippen LogP contribution in [-0.2, 0) is 0 Å². The van der Waals surface area contributed by atoms with Gasteiger partial charge in [-0.25, -0.2) is 0 Å². The van der Waals surface area contributed by atoms with Crippen LogP contribution in [0, 0.1) is 5.41 Å². The van der Waals surface area contributed by atoms with E-state index in [-0.39, 0.29) is 0 Å². The summed E-state index contributed by atoms with van der Waals surface area (Å²) in [5, 5.41) is 3.76. The number of hydrogen-bond donors (Lipinski definition) is 1. The van der Waals surface area contributed by atoms with Crippen LogP contribution in [-0.4, -0.2) is 36.6 Å². The van der Waals surface area contributed by atoms with Crippen LogP contribution in [0.25, 0.3) is 0 Å². The molecule has 1 heterocycles. The van der Waals surface area contributed by atoms with E-state index in [2.05, 4.69) is 44.8 Å². The normalized spacial score (nSPS) is 26.5. The molecule has 1 rings (SSSR count). The second-order valence-corrected chi connectivity index (χ2v) is 6.98. The molecule has 0 aliphatic carbocycles. The molecule has 0 aromatic heterocycles. The van der Waals surface area contributed by atoms with Crippen LogP contribution in [0.4, 0.5) is 0 Å². The molecular formula is C16H34N2. The molecule has 0 amide bonds. The summed E-state index contributed by atoms with van der Waals surface area (Å²) in [7, 11) is 0. The van der Waals surface area contributed by atoms with Gasteiger partial charge in [-0.1, -0.05) is 53.9 Å². The SMILES string of the molecule is CCCCCN1CC(CCC)NCC1C(C)(C)C. The van der Waals surface area contributed by atoms with Crippen molar-refractivity contribution in [1.82, 2.24) is 10.2 Å². The Hall–Kier alpha value is -0.0800. The van der Waals surface area contributed by atoms with E-state index in [0.29, 0.717) is 11.5 Å². The molecule has 1 saturated heterocycles. The van der Waals surface area contributed by atoms with Crippen LogP contribution in [0.2, 0.25) is 0 Å². The third kappa shape index (κ3) is 4.89. The Morgan fingerprint density at radius 1 is 1.11 bits per heavy atom. The predicted molar refractivity (Wildman–Crippen MR) is 81.0 cm³/mol. The van der Waals surface area contributed by atoms with Gasteiger partial charge in [-0.15, -0.1) is 0 Å². The fourth-order valence-electron chi connectivity index (χ4n) is 3.09. The van der Waals surface area contributed by atoms with Crippen LogP contribution in [0.3, 0.4) is 0 Å². The van der Waals surface area contributed by atoms with E-state index < -0.39 is 0 Å². The quantitative estimate of drug-likeness (QED) is 0.728. The van der Waals surface area contributed by atoms with Crippen molar-refractivity contribution in [2.45, 2.75) is 78.8 Å². The lowest BCUT2D eigenvalue weighted by Crippen LogP contribution is -2.60. The molecule has 0 saturated carbocycles. The molecule has 0 aromatic rings. The molecule has 0 spiro atoms. The van der Waals surface area contributed by atoms with Crippen LogP contribution >= 0.6 is 0 Å². The highest BCUT2D eigenvalue weighted by atomic mass is 15.2. The zero-order valence-electron chi connectivity index (χ0n) is 13.3. The lowest BCUT2D eigenvalue weighted by Gasteiger charge is -2.46. The van der Waals surface area contributed by atoms with Gasteiger partial charge in [0.2, 0.25) is 0 Å². The summed E-state index contributed by atoms with van der Waals surface area (Å²) in [6.07, 6.45) is 6.67. The minimum atomic E-state index is 0.385. The van der Waals surface area contributed by atoms with E-state index in [0.717, 1.165) is 6.04 Å². The molecule has 1 aliphatic heterocycles. The van der Waals surface area contributed by atoms with Gasteiger partial charge in [0.1, 0.15) is 0 Å². The van der Waals surface area contributed by atoms with Crippen molar-refractivity contribution in [2.24, 2.45) is 5.41 Å². The summed E-state index contributed by atoms with van der Waals surface area (Å²) in [5.41, 5.74) is 0.385. The highest BCUT2D eigenvalue weighted by Crippen LogP contribution is 2.27. The molecule has 2 unspecified atom stereocenters. The molecule has 0 bridgehead atoms. The van der Waals surface area contributed by atoms with Crippen molar-refractivity contribution in [1.29, 1.82) is 0 Å². The van der Waals surface area contributed by atoms with E-state index in [1.807, 2.05) is 0 Å². The Bertz CT molecular complexity index is 220. The van der Waals surface area contributed by atoms with Crippen LogP contribution in [0.5, 0.6) is 0 Å². The maximum atomic E-state index is 3.76. The maximum absolute atomic E-state index is 3.76. The molecule has 108 valence electrons. The van der Waals surface area contributed by atoms with Gasteiger partial charge in [-0.05, 0) is 24.8 Å². The maximum Gasteiger partial charge on any atom is 0.0269 e. The molecule has 0 aromatic carbocycles. The van der Waals surface area contributed by atoms with Gasteiger partial charge in [0, 0.05) is 25.2 Å². The minimum absolute atomic E-state index is 0.385. The van der Waals surface area contributed by atoms with Gasteiger partial charge >= 0.3 is 0 Å². The Balaban J connectivity index is 2.55. The van der Waals surface area contributed by atoms with Crippen molar-refractivity contribution >= 4 is 0 Å². The molecule has 18 heavy (non-hydrogen) atoms. The van der Waals surface area contributed by atoms with E-state index in [9.17, 15) is 0 Å². The van der Waals surface area contributed by atoms with Crippen LogP contribution in [0.15, 0.2) is 0 Å². The lowest BCUT2D eigenvalue weighted by atomic mass is 9.83. The molecule has 2 nitrogen and oxygen atoms in total. The largest absolute Gasteiger partial charge is 0.311 e. The fraction of sp³-hybridized carbons (Fsp3) is 1.00. The Morgan fingerprint density at radius 2 is 1.83 bits per heavy atom. The Labute approximate surface area is 115 Å². The molecule has 2 atom stereocenters. The second-order valence-electron chi connectivity index (χ2n) is 6.98. The Morgan fingerprint density at radius 3 is 2.39 bits per heavy atom. The fourth-order valence-corrected chi connectivity index (χ4v) is 3.09. The second kappa shape index (κ2) is 7.49. The van der Waals surface area contributed by atoms with Gasteiger partial charge in [-0.2, -0.15) is 0 Å². The molecule has 1 aliphatic rings. The summed E-state index contributed by atoms with van der Waals surface area (Å²) in [6.45, 7) is 15.4. The lowest BCUT2D eigenvalue weighted by molar-refractivity contribution is 0.0525. The van der Waals surface area contributed by atoms with E-state index in [4.69, 9.17) is 0 Å². The molecule has 0 radical (unpaired) electrons. The van der Waals surface area contributed by atoms with Gasteiger partial charge in [0.05, 0.1) is 0 Å². The molecule has 1 N–H and O–H groups in total. The number of nitrogens with one attached hydrogen (secondary N) is 1. The summed E-state index contributed by atoms with van der Waals surface area (Å²) < 4.78 is 0. The highest BCUT2D eigenvalue weighted by Gasteiger charge is 2.34. The minimum Gasteiger partial charge on any atom is -0.311 e. The van der Waals surface area contributed by atoms with Crippen LogP contribution in [0.1, 0.15) is 66.7 Å². The zero-order chi connectivity index (χ0) is 13.6. The smallest absolute Gasteiger partial charge is 0.0269 e. The standard InChI is InChI=1S/C16H34N2/c1-6-8-9-11-18-13-14(10-7-2)17-12-15(18)16(3,4)5/h14-15,17H,6-13H2,1-5H3. The predicted octanol–water partition coefficient (Wildman–Crippen LogP) is 3.67. The average molecular weight is 254 g/mol.